The number of rotatable bonds is 4. The number of hydrogen-bond donors (Lipinski definition) is 2. The van der Waals surface area contributed by atoms with E-state index in [1.54, 1.807) is 0 Å². The van der Waals surface area contributed by atoms with Gasteiger partial charge in [-0.05, 0) is 40.8 Å². The minimum Gasteiger partial charge on any atom is -0.481 e. The molecule has 0 unspecified atom stereocenters. The lowest BCUT2D eigenvalue weighted by Gasteiger charge is -2.05. The van der Waals surface area contributed by atoms with E-state index in [0.29, 0.717) is 9.32 Å². The number of aliphatic carboxylic acids is 1. The molecule has 0 aliphatic carbocycles. The van der Waals surface area contributed by atoms with E-state index in [9.17, 15) is 9.59 Å². The zero-order valence-corrected chi connectivity index (χ0v) is 9.59. The van der Waals surface area contributed by atoms with Crippen LogP contribution in [0.1, 0.15) is 10.4 Å². The SMILES string of the molecule is O=C(O)COc1ccc(C(=O)O)cc1I. The second-order valence-electron chi connectivity index (χ2n) is 2.63. The van der Waals surface area contributed by atoms with Crippen LogP contribution >= 0.6 is 22.6 Å². The van der Waals surface area contributed by atoms with Crippen LogP contribution in [0.3, 0.4) is 0 Å². The maximum atomic E-state index is 10.6. The number of halogens is 1. The molecular formula is C9H7IO5. The predicted molar refractivity (Wildman–Crippen MR) is 59.2 cm³/mol. The van der Waals surface area contributed by atoms with Gasteiger partial charge in [0.25, 0.3) is 0 Å². The van der Waals surface area contributed by atoms with Gasteiger partial charge in [0.1, 0.15) is 5.75 Å². The van der Waals surface area contributed by atoms with Gasteiger partial charge in [-0.1, -0.05) is 0 Å². The molecule has 80 valence electrons. The maximum Gasteiger partial charge on any atom is 0.341 e. The third-order valence-corrected chi connectivity index (χ3v) is 2.37. The Morgan fingerprint density at radius 2 is 2.00 bits per heavy atom. The molecule has 15 heavy (non-hydrogen) atoms. The first-order chi connectivity index (χ1) is 7.00. The normalized spacial score (nSPS) is 9.67. The first-order valence-corrected chi connectivity index (χ1v) is 4.96. The number of carboxylic acids is 2. The molecule has 1 rings (SSSR count). The summed E-state index contributed by atoms with van der Waals surface area (Å²) in [7, 11) is 0. The Bertz CT molecular complexity index is 401. The zero-order valence-electron chi connectivity index (χ0n) is 7.44. The van der Waals surface area contributed by atoms with Gasteiger partial charge in [0.15, 0.2) is 6.61 Å². The molecule has 0 atom stereocenters. The maximum absolute atomic E-state index is 10.6. The van der Waals surface area contributed by atoms with Crippen molar-refractivity contribution in [2.75, 3.05) is 6.61 Å². The largest absolute Gasteiger partial charge is 0.481 e. The highest BCUT2D eigenvalue weighted by molar-refractivity contribution is 14.1. The molecule has 0 aliphatic heterocycles. The monoisotopic (exact) mass is 322 g/mol. The minimum atomic E-state index is -1.08. The van der Waals surface area contributed by atoms with Crippen LogP contribution in [0.25, 0.3) is 0 Å². The van der Waals surface area contributed by atoms with Crippen LogP contribution in [-0.2, 0) is 4.79 Å². The Morgan fingerprint density at radius 3 is 2.47 bits per heavy atom. The van der Waals surface area contributed by atoms with Gasteiger partial charge in [-0.25, -0.2) is 9.59 Å². The summed E-state index contributed by atoms with van der Waals surface area (Å²) in [4.78, 5) is 20.8. The molecule has 2 N–H and O–H groups in total. The van der Waals surface area contributed by atoms with Gasteiger partial charge in [-0.3, -0.25) is 0 Å². The lowest BCUT2D eigenvalue weighted by molar-refractivity contribution is -0.139. The quantitative estimate of drug-likeness (QED) is 0.820. The number of aromatic carboxylic acids is 1. The summed E-state index contributed by atoms with van der Waals surface area (Å²) < 4.78 is 5.50. The van der Waals surface area contributed by atoms with Crippen molar-refractivity contribution in [3.63, 3.8) is 0 Å². The van der Waals surface area contributed by atoms with Crippen LogP contribution < -0.4 is 4.74 Å². The third-order valence-electron chi connectivity index (χ3n) is 1.53. The van der Waals surface area contributed by atoms with Crippen LogP contribution in [-0.4, -0.2) is 28.8 Å². The highest BCUT2D eigenvalue weighted by Gasteiger charge is 2.08. The van der Waals surface area contributed by atoms with E-state index >= 15 is 0 Å². The van der Waals surface area contributed by atoms with Crippen molar-refractivity contribution in [3.8, 4) is 5.75 Å². The van der Waals surface area contributed by atoms with E-state index in [4.69, 9.17) is 14.9 Å². The molecule has 0 aliphatic rings. The highest BCUT2D eigenvalue weighted by atomic mass is 127. The summed E-state index contributed by atoms with van der Waals surface area (Å²) in [5.74, 6) is -1.74. The van der Waals surface area contributed by atoms with Gasteiger partial charge in [0, 0.05) is 0 Å². The molecule has 0 bridgehead atoms. The van der Waals surface area contributed by atoms with Crippen molar-refractivity contribution in [2.24, 2.45) is 0 Å². The van der Waals surface area contributed by atoms with E-state index < -0.39 is 18.5 Å². The van der Waals surface area contributed by atoms with Crippen molar-refractivity contribution >= 4 is 34.5 Å². The molecule has 0 heterocycles. The molecule has 1 aromatic carbocycles. The van der Waals surface area contributed by atoms with Gasteiger partial charge in [-0.15, -0.1) is 0 Å². The molecule has 0 saturated heterocycles. The topological polar surface area (TPSA) is 83.8 Å². The molecule has 0 saturated carbocycles. The summed E-state index contributed by atoms with van der Waals surface area (Å²) >= 11 is 1.88. The van der Waals surface area contributed by atoms with Gasteiger partial charge in [0.05, 0.1) is 9.13 Å². The molecule has 0 fully saturated rings. The lowest BCUT2D eigenvalue weighted by Crippen LogP contribution is -2.10. The lowest BCUT2D eigenvalue weighted by atomic mass is 10.2. The van der Waals surface area contributed by atoms with Crippen LogP contribution in [0.4, 0.5) is 0 Å². The zero-order chi connectivity index (χ0) is 11.4. The summed E-state index contributed by atoms with van der Waals surface area (Å²) in [6.07, 6.45) is 0. The molecule has 0 amide bonds. The molecule has 0 aromatic heterocycles. The van der Waals surface area contributed by atoms with Crippen molar-refractivity contribution in [1.29, 1.82) is 0 Å². The molecule has 0 radical (unpaired) electrons. The fraction of sp³-hybridized carbons (Fsp3) is 0.111. The number of benzene rings is 1. The highest BCUT2D eigenvalue weighted by Crippen LogP contribution is 2.22. The Balaban J connectivity index is 2.83. The van der Waals surface area contributed by atoms with E-state index in [2.05, 4.69) is 0 Å². The predicted octanol–water partition coefficient (Wildman–Crippen LogP) is 1.45. The van der Waals surface area contributed by atoms with E-state index in [-0.39, 0.29) is 5.56 Å². The van der Waals surface area contributed by atoms with Gasteiger partial charge in [-0.2, -0.15) is 0 Å². The fourth-order valence-electron chi connectivity index (χ4n) is 0.890. The Morgan fingerprint density at radius 1 is 1.33 bits per heavy atom. The van der Waals surface area contributed by atoms with Crippen LogP contribution in [0.15, 0.2) is 18.2 Å². The van der Waals surface area contributed by atoms with Crippen LogP contribution in [0, 0.1) is 3.57 Å². The van der Waals surface area contributed by atoms with Crippen molar-refractivity contribution in [3.05, 3.63) is 27.3 Å². The fourth-order valence-corrected chi connectivity index (χ4v) is 1.56. The smallest absolute Gasteiger partial charge is 0.341 e. The molecule has 5 nitrogen and oxygen atoms in total. The first kappa shape index (κ1) is 11.8. The van der Waals surface area contributed by atoms with Crippen LogP contribution in [0.2, 0.25) is 0 Å². The average molecular weight is 322 g/mol. The van der Waals surface area contributed by atoms with E-state index in [0.717, 1.165) is 0 Å². The summed E-state index contributed by atoms with van der Waals surface area (Å²) in [5.41, 5.74) is 0.141. The second kappa shape index (κ2) is 4.96. The number of carbonyl (C=O) groups is 2. The third kappa shape index (κ3) is 3.39. The number of ether oxygens (including phenoxy) is 1. The number of hydrogen-bond acceptors (Lipinski definition) is 3. The van der Waals surface area contributed by atoms with Crippen LogP contribution in [0.5, 0.6) is 5.75 Å². The molecular weight excluding hydrogens is 315 g/mol. The van der Waals surface area contributed by atoms with E-state index in [1.807, 2.05) is 22.6 Å². The standard InChI is InChI=1S/C9H7IO5/c10-6-3-5(9(13)14)1-2-7(6)15-4-8(11)12/h1-3H,4H2,(H,11,12)(H,13,14). The summed E-state index contributed by atoms with van der Waals surface area (Å²) in [6, 6.07) is 4.22. The summed E-state index contributed by atoms with van der Waals surface area (Å²) in [6.45, 7) is -0.442. The van der Waals surface area contributed by atoms with Gasteiger partial charge < -0.3 is 14.9 Å². The van der Waals surface area contributed by atoms with Crippen molar-refractivity contribution < 1.29 is 24.5 Å². The molecule has 0 spiro atoms. The van der Waals surface area contributed by atoms with Gasteiger partial charge in [0.2, 0.25) is 0 Å². The molecule has 6 heteroatoms. The Hall–Kier alpha value is -1.31. The van der Waals surface area contributed by atoms with Gasteiger partial charge >= 0.3 is 11.9 Å². The van der Waals surface area contributed by atoms with Crippen molar-refractivity contribution in [1.82, 2.24) is 0 Å². The second-order valence-corrected chi connectivity index (χ2v) is 3.79. The Labute approximate surface area is 98.8 Å². The summed E-state index contributed by atoms with van der Waals surface area (Å²) in [5, 5.41) is 17.1. The molecule has 1 aromatic rings. The van der Waals surface area contributed by atoms with Crippen molar-refractivity contribution in [2.45, 2.75) is 0 Å². The first-order valence-electron chi connectivity index (χ1n) is 3.88. The average Bonchev–Trinajstić information content (AvgIpc) is 2.15. The number of carboxylic acid groups (broad SMARTS) is 2. The Kier molecular flexibility index (Phi) is 3.89. The minimum absolute atomic E-state index is 0.141. The van der Waals surface area contributed by atoms with E-state index in [1.165, 1.54) is 18.2 Å².